The predicted molar refractivity (Wildman–Crippen MR) is 56.1 cm³/mol. The predicted octanol–water partition coefficient (Wildman–Crippen LogP) is 1.42. The number of benzene rings is 2. The summed E-state index contributed by atoms with van der Waals surface area (Å²) in [4.78, 5) is 0. The number of anilines is 2. The van der Waals surface area contributed by atoms with E-state index in [9.17, 15) is 10.2 Å². The number of nitrogen functional groups attached to an aromatic ring is 2. The van der Waals surface area contributed by atoms with E-state index >= 15 is 0 Å². The van der Waals surface area contributed by atoms with E-state index in [0.717, 1.165) is 0 Å². The summed E-state index contributed by atoms with van der Waals surface area (Å²) in [5, 5.41) is 20.2. The molecule has 0 atom stereocenters. The molecule has 0 spiro atoms. The Morgan fingerprint density at radius 2 is 1.36 bits per heavy atom. The van der Waals surface area contributed by atoms with Crippen molar-refractivity contribution in [2.24, 2.45) is 0 Å². The van der Waals surface area contributed by atoms with Crippen LogP contribution in [-0.4, -0.2) is 10.2 Å². The second-order valence-corrected chi connectivity index (χ2v) is 3.07. The zero-order valence-electron chi connectivity index (χ0n) is 7.36. The van der Waals surface area contributed by atoms with Crippen molar-refractivity contribution in [2.45, 2.75) is 0 Å². The van der Waals surface area contributed by atoms with Crippen molar-refractivity contribution in [1.82, 2.24) is 0 Å². The Kier molecular flexibility index (Phi) is 1.64. The van der Waals surface area contributed by atoms with E-state index in [2.05, 4.69) is 0 Å². The second kappa shape index (κ2) is 2.70. The van der Waals surface area contributed by atoms with Crippen LogP contribution >= 0.6 is 0 Å². The highest BCUT2D eigenvalue weighted by molar-refractivity contribution is 6.04. The minimum absolute atomic E-state index is 0.0822. The summed E-state index contributed by atoms with van der Waals surface area (Å²) in [5.41, 5.74) is 11.2. The molecule has 2 aromatic carbocycles. The van der Waals surface area contributed by atoms with E-state index < -0.39 is 0 Å². The van der Waals surface area contributed by atoms with Crippen LogP contribution in [0.4, 0.5) is 11.4 Å². The van der Waals surface area contributed by atoms with E-state index in [0.29, 0.717) is 10.8 Å². The average Bonchev–Trinajstić information content (AvgIpc) is 2.23. The second-order valence-electron chi connectivity index (χ2n) is 3.07. The summed E-state index contributed by atoms with van der Waals surface area (Å²) in [6.45, 7) is 0. The monoisotopic (exact) mass is 190 g/mol. The molecule has 6 N–H and O–H groups in total. The van der Waals surface area contributed by atoms with E-state index in [1.54, 1.807) is 24.3 Å². The van der Waals surface area contributed by atoms with Gasteiger partial charge in [0.1, 0.15) is 11.4 Å². The number of phenolic OH excluding ortho intramolecular Hbond substituents is 2. The van der Waals surface area contributed by atoms with Crippen molar-refractivity contribution in [3.8, 4) is 11.5 Å². The summed E-state index contributed by atoms with van der Waals surface area (Å²) in [6, 6.07) is 6.94. The van der Waals surface area contributed by atoms with E-state index in [1.807, 2.05) is 0 Å². The average molecular weight is 190 g/mol. The minimum Gasteiger partial charge on any atom is -0.505 e. The maximum Gasteiger partial charge on any atom is 0.166 e. The molecular formula is C10H10N2O2. The Balaban J connectivity index is 3.02. The van der Waals surface area contributed by atoms with Gasteiger partial charge >= 0.3 is 0 Å². The maximum absolute atomic E-state index is 9.62. The highest BCUT2D eigenvalue weighted by Gasteiger charge is 2.13. The third kappa shape index (κ3) is 0.939. The smallest absolute Gasteiger partial charge is 0.166 e. The molecule has 0 aliphatic carbocycles. The molecule has 0 saturated heterocycles. The fourth-order valence-electron chi connectivity index (χ4n) is 1.45. The molecule has 0 radical (unpaired) electrons. The lowest BCUT2D eigenvalue weighted by Crippen LogP contribution is -1.94. The lowest BCUT2D eigenvalue weighted by molar-refractivity contribution is 0.461. The standard InChI is InChI=1S/C10H10N2O2/c11-7-5-3-1-2-4-6(5)9(13)8(12)10(7)14/h1-4,13-14H,11-12H2. The summed E-state index contributed by atoms with van der Waals surface area (Å²) in [7, 11) is 0. The van der Waals surface area contributed by atoms with Gasteiger partial charge in [0.25, 0.3) is 0 Å². The van der Waals surface area contributed by atoms with Gasteiger partial charge in [-0.15, -0.1) is 0 Å². The molecule has 0 amide bonds. The first-order valence-corrected chi connectivity index (χ1v) is 4.10. The van der Waals surface area contributed by atoms with Gasteiger partial charge in [-0.25, -0.2) is 0 Å². The van der Waals surface area contributed by atoms with Gasteiger partial charge in [0.2, 0.25) is 0 Å². The maximum atomic E-state index is 9.62. The summed E-state index contributed by atoms with van der Waals surface area (Å²) in [5.74, 6) is -0.395. The van der Waals surface area contributed by atoms with Crippen LogP contribution in [0.5, 0.6) is 11.5 Å². The van der Waals surface area contributed by atoms with Gasteiger partial charge in [-0.3, -0.25) is 0 Å². The number of fused-ring (bicyclic) bond motifs is 1. The third-order valence-electron chi connectivity index (χ3n) is 2.24. The Labute approximate surface area is 80.4 Å². The van der Waals surface area contributed by atoms with Crippen molar-refractivity contribution in [1.29, 1.82) is 0 Å². The Bertz CT molecular complexity index is 462. The van der Waals surface area contributed by atoms with Crippen LogP contribution in [0.15, 0.2) is 24.3 Å². The first kappa shape index (κ1) is 8.50. The Morgan fingerprint density at radius 1 is 0.786 bits per heavy atom. The molecule has 0 saturated carbocycles. The van der Waals surface area contributed by atoms with Crippen LogP contribution < -0.4 is 11.5 Å². The number of rotatable bonds is 0. The Hall–Kier alpha value is -2.10. The number of aromatic hydroxyl groups is 2. The molecule has 14 heavy (non-hydrogen) atoms. The van der Waals surface area contributed by atoms with E-state index in [1.165, 1.54) is 0 Å². The molecule has 4 heteroatoms. The third-order valence-corrected chi connectivity index (χ3v) is 2.24. The molecule has 0 aliphatic heterocycles. The van der Waals surface area contributed by atoms with E-state index in [-0.39, 0.29) is 22.9 Å². The zero-order valence-corrected chi connectivity index (χ0v) is 7.36. The fraction of sp³-hybridized carbons (Fsp3) is 0. The zero-order chi connectivity index (χ0) is 10.3. The van der Waals surface area contributed by atoms with Gasteiger partial charge in [-0.05, 0) is 0 Å². The van der Waals surface area contributed by atoms with Gasteiger partial charge in [0.05, 0.1) is 5.69 Å². The normalized spacial score (nSPS) is 10.6. The number of nitrogens with two attached hydrogens (primary N) is 2. The Morgan fingerprint density at radius 3 is 2.00 bits per heavy atom. The molecule has 72 valence electrons. The van der Waals surface area contributed by atoms with E-state index in [4.69, 9.17) is 11.5 Å². The van der Waals surface area contributed by atoms with Gasteiger partial charge in [0, 0.05) is 10.8 Å². The van der Waals surface area contributed by atoms with Crippen LogP contribution in [0.3, 0.4) is 0 Å². The number of phenols is 2. The fourth-order valence-corrected chi connectivity index (χ4v) is 1.45. The van der Waals surface area contributed by atoms with Gasteiger partial charge in [0.15, 0.2) is 5.75 Å². The molecule has 2 rings (SSSR count). The van der Waals surface area contributed by atoms with Crippen LogP contribution in [0.25, 0.3) is 10.8 Å². The van der Waals surface area contributed by atoms with Crippen molar-refractivity contribution in [3.05, 3.63) is 24.3 Å². The van der Waals surface area contributed by atoms with Crippen molar-refractivity contribution >= 4 is 22.1 Å². The molecule has 0 aromatic heterocycles. The highest BCUT2D eigenvalue weighted by atomic mass is 16.3. The lowest BCUT2D eigenvalue weighted by atomic mass is 10.1. The molecule has 4 nitrogen and oxygen atoms in total. The largest absolute Gasteiger partial charge is 0.505 e. The molecule has 0 heterocycles. The number of hydrogen-bond donors (Lipinski definition) is 4. The lowest BCUT2D eigenvalue weighted by Gasteiger charge is -2.09. The summed E-state index contributed by atoms with van der Waals surface area (Å²) < 4.78 is 0. The molecular weight excluding hydrogens is 180 g/mol. The first-order valence-electron chi connectivity index (χ1n) is 4.10. The van der Waals surface area contributed by atoms with Gasteiger partial charge < -0.3 is 21.7 Å². The molecule has 0 bridgehead atoms. The topological polar surface area (TPSA) is 92.5 Å². The summed E-state index contributed by atoms with van der Waals surface area (Å²) in [6.07, 6.45) is 0. The van der Waals surface area contributed by atoms with Crippen LogP contribution in [0.1, 0.15) is 0 Å². The quantitative estimate of drug-likeness (QED) is 0.287. The van der Waals surface area contributed by atoms with Crippen molar-refractivity contribution < 1.29 is 10.2 Å². The summed E-state index contributed by atoms with van der Waals surface area (Å²) >= 11 is 0. The van der Waals surface area contributed by atoms with Crippen molar-refractivity contribution in [2.75, 3.05) is 11.5 Å². The van der Waals surface area contributed by atoms with Crippen LogP contribution in [-0.2, 0) is 0 Å². The first-order chi connectivity index (χ1) is 6.63. The molecule has 0 fully saturated rings. The highest BCUT2D eigenvalue weighted by Crippen LogP contribution is 2.43. The molecule has 0 unspecified atom stereocenters. The van der Waals surface area contributed by atoms with Crippen molar-refractivity contribution in [3.63, 3.8) is 0 Å². The molecule has 2 aromatic rings. The van der Waals surface area contributed by atoms with Gasteiger partial charge in [-0.2, -0.15) is 0 Å². The minimum atomic E-state index is -0.263. The van der Waals surface area contributed by atoms with Crippen LogP contribution in [0, 0.1) is 0 Å². The van der Waals surface area contributed by atoms with Gasteiger partial charge in [-0.1, -0.05) is 24.3 Å². The van der Waals surface area contributed by atoms with Crippen LogP contribution in [0.2, 0.25) is 0 Å². The molecule has 0 aliphatic rings. The SMILES string of the molecule is Nc1c(O)c(N)c2ccccc2c1O. The number of hydrogen-bond acceptors (Lipinski definition) is 4.